The van der Waals surface area contributed by atoms with E-state index in [0.717, 1.165) is 6.42 Å². The Hall–Kier alpha value is -0.160. The van der Waals surface area contributed by atoms with Crippen LogP contribution in [0.15, 0.2) is 0 Å². The van der Waals surface area contributed by atoms with Crippen molar-refractivity contribution in [2.75, 3.05) is 13.7 Å². The van der Waals surface area contributed by atoms with Crippen molar-refractivity contribution in [3.63, 3.8) is 0 Å². The van der Waals surface area contributed by atoms with Gasteiger partial charge < -0.3 is 10.3 Å². The Balaban J connectivity index is 3.74. The van der Waals surface area contributed by atoms with Crippen LogP contribution in [0.5, 0.6) is 0 Å². The second-order valence-electron chi connectivity index (χ2n) is 3.18. The number of likely N-dealkylation sites (N-methyl/N-ethyl adjacent to an activating group) is 1. The summed E-state index contributed by atoms with van der Waals surface area (Å²) < 4.78 is 0. The maximum Gasteiger partial charge on any atom is 0.0601 e. The molecule has 1 unspecified atom stereocenters. The van der Waals surface area contributed by atoms with Gasteiger partial charge in [-0.05, 0) is 12.3 Å². The second kappa shape index (κ2) is 5.49. The van der Waals surface area contributed by atoms with Crippen molar-refractivity contribution in [2.24, 2.45) is 5.92 Å². The van der Waals surface area contributed by atoms with E-state index in [4.69, 9.17) is 10.3 Å². The average Bonchev–Trinajstić information content (AvgIpc) is 1.98. The zero-order valence-corrected chi connectivity index (χ0v) is 7.41. The van der Waals surface area contributed by atoms with Crippen LogP contribution in [0.4, 0.5) is 0 Å². The minimum absolute atomic E-state index is 0.0139. The van der Waals surface area contributed by atoms with Gasteiger partial charge in [0.2, 0.25) is 0 Å². The molecule has 0 radical (unpaired) electrons. The van der Waals surface area contributed by atoms with Crippen molar-refractivity contribution in [1.29, 1.82) is 0 Å². The highest BCUT2D eigenvalue weighted by Gasteiger charge is 2.13. The van der Waals surface area contributed by atoms with Crippen LogP contribution in [-0.2, 0) is 0 Å². The average molecular weight is 162 g/mol. The third-order valence-corrected chi connectivity index (χ3v) is 1.66. The van der Waals surface area contributed by atoms with Gasteiger partial charge in [-0.1, -0.05) is 13.8 Å². The molecule has 68 valence electrons. The molecule has 4 nitrogen and oxygen atoms in total. The smallest absolute Gasteiger partial charge is 0.0601 e. The Morgan fingerprint density at radius 2 is 2.00 bits per heavy atom. The molecular formula is C7H18N2O2. The summed E-state index contributed by atoms with van der Waals surface area (Å²) >= 11 is 0. The van der Waals surface area contributed by atoms with Crippen LogP contribution in [0.2, 0.25) is 0 Å². The summed E-state index contributed by atoms with van der Waals surface area (Å²) in [5, 5.41) is 18.9. The summed E-state index contributed by atoms with van der Waals surface area (Å²) in [7, 11) is 1.70. The number of hydrogen-bond acceptors (Lipinski definition) is 4. The van der Waals surface area contributed by atoms with Crippen molar-refractivity contribution in [2.45, 2.75) is 26.3 Å². The van der Waals surface area contributed by atoms with Gasteiger partial charge in [0.1, 0.15) is 0 Å². The Bertz CT molecular complexity index is 98.4. The standard InChI is InChI=1S/C7H18N2O2/c1-6(2)4-7(5-10)9(3)8-11/h6-8,10-11H,4-5H2,1-3H3. The minimum Gasteiger partial charge on any atom is -0.395 e. The molecule has 0 fully saturated rings. The predicted octanol–water partition coefficient (Wildman–Crippen LogP) is 0.219. The van der Waals surface area contributed by atoms with Crippen LogP contribution in [0, 0.1) is 5.92 Å². The largest absolute Gasteiger partial charge is 0.395 e. The van der Waals surface area contributed by atoms with Crippen molar-refractivity contribution in [3.8, 4) is 0 Å². The zero-order valence-electron chi connectivity index (χ0n) is 7.41. The number of hydrogen-bond donors (Lipinski definition) is 3. The van der Waals surface area contributed by atoms with E-state index in [0.29, 0.717) is 5.92 Å². The molecule has 0 aromatic carbocycles. The third-order valence-electron chi connectivity index (χ3n) is 1.66. The number of nitrogens with zero attached hydrogens (tertiary/aromatic N) is 1. The summed E-state index contributed by atoms with van der Waals surface area (Å²) in [6.45, 7) is 4.21. The molecule has 0 aliphatic heterocycles. The maximum absolute atomic E-state index is 8.88. The first kappa shape index (κ1) is 10.8. The molecule has 0 saturated carbocycles. The molecule has 1 atom stereocenters. The summed E-state index contributed by atoms with van der Waals surface area (Å²) in [5.41, 5.74) is 1.99. The van der Waals surface area contributed by atoms with Crippen LogP contribution in [0.25, 0.3) is 0 Å². The summed E-state index contributed by atoms with van der Waals surface area (Å²) in [4.78, 5) is 0. The highest BCUT2D eigenvalue weighted by Crippen LogP contribution is 2.07. The van der Waals surface area contributed by atoms with Gasteiger partial charge in [0.15, 0.2) is 0 Å². The molecule has 0 aliphatic carbocycles. The van der Waals surface area contributed by atoms with Gasteiger partial charge in [0.05, 0.1) is 6.61 Å². The highest BCUT2D eigenvalue weighted by atomic mass is 16.5. The molecule has 0 heterocycles. The first-order valence-corrected chi connectivity index (χ1v) is 3.85. The maximum atomic E-state index is 8.88. The van der Waals surface area contributed by atoms with E-state index in [-0.39, 0.29) is 12.6 Å². The van der Waals surface area contributed by atoms with Crippen LogP contribution < -0.4 is 5.59 Å². The molecule has 3 N–H and O–H groups in total. The van der Waals surface area contributed by atoms with E-state index in [2.05, 4.69) is 13.8 Å². The van der Waals surface area contributed by atoms with E-state index >= 15 is 0 Å². The second-order valence-corrected chi connectivity index (χ2v) is 3.18. The lowest BCUT2D eigenvalue weighted by Gasteiger charge is -2.25. The minimum atomic E-state index is -0.0139. The number of aliphatic hydroxyl groups is 1. The van der Waals surface area contributed by atoms with Gasteiger partial charge in [-0.3, -0.25) is 0 Å². The van der Waals surface area contributed by atoms with E-state index in [9.17, 15) is 0 Å². The van der Waals surface area contributed by atoms with Crippen LogP contribution in [0.3, 0.4) is 0 Å². The fraction of sp³-hybridized carbons (Fsp3) is 1.00. The van der Waals surface area contributed by atoms with Crippen molar-refractivity contribution < 1.29 is 10.3 Å². The van der Waals surface area contributed by atoms with E-state index in [1.54, 1.807) is 7.05 Å². The van der Waals surface area contributed by atoms with Crippen molar-refractivity contribution in [1.82, 2.24) is 10.6 Å². The lowest BCUT2D eigenvalue weighted by molar-refractivity contribution is -0.0477. The molecule has 0 aliphatic rings. The summed E-state index contributed by atoms with van der Waals surface area (Å²) in [6.07, 6.45) is 0.862. The monoisotopic (exact) mass is 162 g/mol. The number of rotatable bonds is 5. The fourth-order valence-electron chi connectivity index (χ4n) is 0.981. The van der Waals surface area contributed by atoms with E-state index in [1.165, 1.54) is 5.01 Å². The number of hydrazine groups is 1. The lowest BCUT2D eigenvalue weighted by Crippen LogP contribution is -2.43. The molecular weight excluding hydrogens is 144 g/mol. The van der Waals surface area contributed by atoms with Crippen LogP contribution in [0.1, 0.15) is 20.3 Å². The summed E-state index contributed by atoms with van der Waals surface area (Å²) in [5.74, 6) is 0.517. The molecule has 4 heteroatoms. The summed E-state index contributed by atoms with van der Waals surface area (Å²) in [6, 6.07) is -0.0139. The van der Waals surface area contributed by atoms with E-state index < -0.39 is 0 Å². The molecule has 0 bridgehead atoms. The van der Waals surface area contributed by atoms with Gasteiger partial charge in [-0.25, -0.2) is 5.01 Å². The molecule has 11 heavy (non-hydrogen) atoms. The van der Waals surface area contributed by atoms with Crippen LogP contribution >= 0.6 is 0 Å². The van der Waals surface area contributed by atoms with Crippen molar-refractivity contribution in [3.05, 3.63) is 0 Å². The van der Waals surface area contributed by atoms with Gasteiger partial charge in [0.25, 0.3) is 0 Å². The quantitative estimate of drug-likeness (QED) is 0.506. The Kier molecular flexibility index (Phi) is 5.41. The first-order valence-electron chi connectivity index (χ1n) is 3.85. The Morgan fingerprint density at radius 1 is 1.45 bits per heavy atom. The normalized spacial score (nSPS) is 14.5. The molecule has 0 spiro atoms. The first-order chi connectivity index (χ1) is 5.11. The third kappa shape index (κ3) is 4.31. The molecule has 0 rings (SSSR count). The molecule has 0 saturated heterocycles. The van der Waals surface area contributed by atoms with Gasteiger partial charge in [-0.15, -0.1) is 5.59 Å². The SMILES string of the molecule is CC(C)CC(CO)N(C)NO. The van der Waals surface area contributed by atoms with E-state index in [1.807, 2.05) is 5.59 Å². The molecule has 0 aromatic heterocycles. The highest BCUT2D eigenvalue weighted by molar-refractivity contribution is 4.64. The predicted molar refractivity (Wildman–Crippen MR) is 43.0 cm³/mol. The molecule has 0 amide bonds. The number of nitrogens with one attached hydrogen (secondary N) is 1. The van der Waals surface area contributed by atoms with Gasteiger partial charge in [-0.2, -0.15) is 0 Å². The Labute approximate surface area is 67.8 Å². The van der Waals surface area contributed by atoms with Gasteiger partial charge >= 0.3 is 0 Å². The van der Waals surface area contributed by atoms with Crippen LogP contribution in [-0.4, -0.2) is 35.0 Å². The molecule has 0 aromatic rings. The topological polar surface area (TPSA) is 55.7 Å². The fourth-order valence-corrected chi connectivity index (χ4v) is 0.981. The van der Waals surface area contributed by atoms with Gasteiger partial charge in [0, 0.05) is 13.1 Å². The zero-order chi connectivity index (χ0) is 8.85. The number of aliphatic hydroxyl groups excluding tert-OH is 1. The van der Waals surface area contributed by atoms with Crippen molar-refractivity contribution >= 4 is 0 Å². The Morgan fingerprint density at radius 3 is 2.27 bits per heavy atom. The lowest BCUT2D eigenvalue weighted by atomic mass is 10.0.